The maximum absolute atomic E-state index is 14.3. The van der Waals surface area contributed by atoms with Crippen LogP contribution in [0.4, 0.5) is 11.4 Å². The second-order valence-corrected chi connectivity index (χ2v) is 13.7. The Morgan fingerprint density at radius 3 is 1.51 bits per heavy atom. The van der Waals surface area contributed by atoms with Crippen molar-refractivity contribution in [2.24, 2.45) is 16.2 Å². The van der Waals surface area contributed by atoms with Crippen LogP contribution in [0.2, 0.25) is 0 Å². The Kier molecular flexibility index (Phi) is 12.4. The lowest BCUT2D eigenvalue weighted by Crippen LogP contribution is -2.18. The number of Topliss-reactive ketones (excluding diaryl/α,β-unsaturated/α-hetero) is 2. The number of fused-ring (bicyclic) bond motifs is 3. The number of hydrogen-bond donors (Lipinski definition) is 0. The summed E-state index contributed by atoms with van der Waals surface area (Å²) in [6, 6.07) is 21.0. The maximum Gasteiger partial charge on any atom is 0.365 e. The van der Waals surface area contributed by atoms with E-state index in [1.807, 2.05) is 0 Å². The van der Waals surface area contributed by atoms with E-state index in [4.69, 9.17) is 9.68 Å². The molecule has 15 nitrogen and oxygen atoms in total. The van der Waals surface area contributed by atoms with Gasteiger partial charge in [-0.1, -0.05) is 85.7 Å². The largest absolute Gasteiger partial charge is 0.365 e. The zero-order valence-electron chi connectivity index (χ0n) is 31.3. The first kappa shape index (κ1) is 39.8. The molecule has 0 amide bonds. The molecule has 0 saturated heterocycles. The maximum atomic E-state index is 14.3. The number of carbonyl (C=O) groups excluding carboxylic acids is 4. The zero-order valence-corrected chi connectivity index (χ0v) is 31.3. The van der Waals surface area contributed by atoms with Crippen LogP contribution < -0.4 is 0 Å². The van der Waals surface area contributed by atoms with Crippen LogP contribution in [0, 0.1) is 26.1 Å². The number of ketones is 2. The lowest BCUT2D eigenvalue weighted by atomic mass is 9.95. The second kappa shape index (κ2) is 17.7. The fourth-order valence-electron chi connectivity index (χ4n) is 7.24. The molecule has 0 atom stereocenters. The van der Waals surface area contributed by atoms with Crippen LogP contribution in [0.1, 0.15) is 107 Å². The molecule has 15 heteroatoms. The summed E-state index contributed by atoms with van der Waals surface area (Å²) in [5.74, 6) is -2.76. The zero-order chi connectivity index (χ0) is 40.6. The van der Waals surface area contributed by atoms with Crippen molar-refractivity contribution in [2.75, 3.05) is 0 Å². The van der Waals surface area contributed by atoms with Crippen molar-refractivity contribution >= 4 is 68.1 Å². The molecule has 1 aliphatic carbocycles. The molecule has 1 heterocycles. The number of aryl methyl sites for hydroxylation is 1. The minimum absolute atomic E-state index is 0.000869. The van der Waals surface area contributed by atoms with E-state index in [9.17, 15) is 39.4 Å². The molecule has 292 valence electrons. The van der Waals surface area contributed by atoms with E-state index in [1.54, 1.807) is 50.2 Å². The number of nitro benzene ring substituents is 2. The Morgan fingerprint density at radius 2 is 1.11 bits per heavy atom. The van der Waals surface area contributed by atoms with Crippen molar-refractivity contribution in [1.82, 2.24) is 4.57 Å². The standard InChI is InChI=1S/C42H39N5O10/c1-3-13-33(43-56-41(50)27-16-7-5-8-17-27)39(48)29-22-31-32-23-30(25-36(47(54)55)38(32)45(4-2)37(31)35(24-29)46(52)53)40(49)34(21-20-26-14-11-12-15-26)44-57-42(51)28-18-9-6-10-19-28/h5-10,16-19,22-26H,3-4,11-15,20-21H2,1-2H3/b43-33+,44-34+. The van der Waals surface area contributed by atoms with Crippen LogP contribution in [-0.2, 0) is 16.2 Å². The van der Waals surface area contributed by atoms with E-state index in [-0.39, 0.29) is 74.9 Å². The van der Waals surface area contributed by atoms with Crippen molar-refractivity contribution in [2.45, 2.75) is 71.8 Å². The van der Waals surface area contributed by atoms with Gasteiger partial charge in [0.1, 0.15) is 22.5 Å². The van der Waals surface area contributed by atoms with Crippen molar-refractivity contribution < 1.29 is 38.7 Å². The topological polar surface area (TPSA) is 203 Å². The van der Waals surface area contributed by atoms with Gasteiger partial charge in [0.2, 0.25) is 11.6 Å². The SMILES string of the molecule is CCC/C(=N\OC(=O)c1ccccc1)C(=O)c1cc([N+](=O)[O-])c2c(c1)c1cc(C(=O)/C(CCC3CCCC3)=N/OC(=O)c3ccccc3)cc([N+](=O)[O-])c1n2CC. The van der Waals surface area contributed by atoms with Gasteiger partial charge >= 0.3 is 11.9 Å². The summed E-state index contributed by atoms with van der Waals surface area (Å²) in [6.45, 7) is 3.49. The predicted octanol–water partition coefficient (Wildman–Crippen LogP) is 9.19. The normalized spacial score (nSPS) is 13.5. The highest BCUT2D eigenvalue weighted by atomic mass is 16.7. The van der Waals surface area contributed by atoms with E-state index in [0.717, 1.165) is 37.8 Å². The second-order valence-electron chi connectivity index (χ2n) is 13.7. The highest BCUT2D eigenvalue weighted by Gasteiger charge is 2.31. The summed E-state index contributed by atoms with van der Waals surface area (Å²) < 4.78 is 1.41. The Morgan fingerprint density at radius 1 is 0.667 bits per heavy atom. The summed E-state index contributed by atoms with van der Waals surface area (Å²) in [5.41, 5.74) is -1.25. The van der Waals surface area contributed by atoms with Crippen LogP contribution in [0.25, 0.3) is 21.8 Å². The van der Waals surface area contributed by atoms with Gasteiger partial charge < -0.3 is 14.2 Å². The number of nitrogens with zero attached hydrogens (tertiary/aromatic N) is 5. The van der Waals surface area contributed by atoms with Gasteiger partial charge in [-0.15, -0.1) is 0 Å². The van der Waals surface area contributed by atoms with Gasteiger partial charge in [0.05, 0.1) is 21.0 Å². The molecule has 1 fully saturated rings. The number of non-ortho nitro benzene ring substituents is 2. The number of oxime groups is 2. The van der Waals surface area contributed by atoms with Crippen LogP contribution in [0.5, 0.6) is 0 Å². The Balaban J connectivity index is 1.48. The molecule has 5 aromatic rings. The van der Waals surface area contributed by atoms with Gasteiger partial charge in [0.25, 0.3) is 11.4 Å². The number of hydrogen-bond acceptors (Lipinski definition) is 12. The number of benzene rings is 4. The van der Waals surface area contributed by atoms with Crippen molar-refractivity contribution in [1.29, 1.82) is 0 Å². The molecule has 0 unspecified atom stereocenters. The summed E-state index contributed by atoms with van der Waals surface area (Å²) in [7, 11) is 0. The molecule has 0 aliphatic heterocycles. The minimum atomic E-state index is -0.810. The van der Waals surface area contributed by atoms with Crippen LogP contribution >= 0.6 is 0 Å². The molecule has 0 N–H and O–H groups in total. The van der Waals surface area contributed by atoms with Gasteiger partial charge in [0, 0.05) is 40.6 Å². The predicted molar refractivity (Wildman–Crippen MR) is 212 cm³/mol. The quantitative estimate of drug-likeness (QED) is 0.0306. The number of aromatic nitrogens is 1. The van der Waals surface area contributed by atoms with E-state index in [1.165, 1.54) is 41.0 Å². The smallest absolute Gasteiger partial charge is 0.330 e. The van der Waals surface area contributed by atoms with E-state index in [2.05, 4.69) is 10.3 Å². The average molecular weight is 774 g/mol. The van der Waals surface area contributed by atoms with Gasteiger partial charge in [-0.05, 0) is 68.5 Å². The molecule has 6 rings (SSSR count). The Hall–Kier alpha value is -6.90. The van der Waals surface area contributed by atoms with E-state index < -0.39 is 44.7 Å². The molecule has 1 aromatic heterocycles. The molecule has 0 spiro atoms. The van der Waals surface area contributed by atoms with Crippen molar-refractivity contribution in [3.63, 3.8) is 0 Å². The summed E-state index contributed by atoms with van der Waals surface area (Å²) in [6.07, 6.45) is 5.23. The lowest BCUT2D eigenvalue weighted by Gasteiger charge is -2.11. The number of rotatable bonds is 16. The molecule has 57 heavy (non-hydrogen) atoms. The van der Waals surface area contributed by atoms with Crippen molar-refractivity contribution in [3.05, 3.63) is 127 Å². The molecular formula is C42H39N5O10. The lowest BCUT2D eigenvalue weighted by molar-refractivity contribution is -0.383. The first-order chi connectivity index (χ1) is 27.5. The summed E-state index contributed by atoms with van der Waals surface area (Å²) >= 11 is 0. The van der Waals surface area contributed by atoms with E-state index in [0.29, 0.717) is 18.8 Å². The molecular weight excluding hydrogens is 734 g/mol. The first-order valence-corrected chi connectivity index (χ1v) is 18.7. The fraction of sp³-hybridized carbons (Fsp3) is 0.286. The summed E-state index contributed by atoms with van der Waals surface area (Å²) in [5, 5.41) is 33.4. The molecule has 1 saturated carbocycles. The highest BCUT2D eigenvalue weighted by Crippen LogP contribution is 2.41. The fourth-order valence-corrected chi connectivity index (χ4v) is 7.24. The molecule has 1 aliphatic rings. The molecule has 4 aromatic carbocycles. The van der Waals surface area contributed by atoms with Gasteiger partial charge in [-0.3, -0.25) is 29.8 Å². The van der Waals surface area contributed by atoms with E-state index >= 15 is 0 Å². The first-order valence-electron chi connectivity index (χ1n) is 18.7. The van der Waals surface area contributed by atoms with Gasteiger partial charge in [0.15, 0.2) is 0 Å². The molecule has 0 radical (unpaired) electrons. The summed E-state index contributed by atoms with van der Waals surface area (Å²) in [4.78, 5) is 88.0. The highest BCUT2D eigenvalue weighted by molar-refractivity contribution is 6.47. The van der Waals surface area contributed by atoms with Gasteiger partial charge in [-0.2, -0.15) is 0 Å². The van der Waals surface area contributed by atoms with Crippen LogP contribution in [-0.4, -0.2) is 49.3 Å². The minimum Gasteiger partial charge on any atom is -0.330 e. The van der Waals surface area contributed by atoms with Gasteiger partial charge in [-0.25, -0.2) is 9.59 Å². The molecule has 0 bridgehead atoms. The third-order valence-electron chi connectivity index (χ3n) is 10.0. The third-order valence-corrected chi connectivity index (χ3v) is 10.0. The van der Waals surface area contributed by atoms with Crippen molar-refractivity contribution in [3.8, 4) is 0 Å². The monoisotopic (exact) mass is 773 g/mol. The Labute approximate surface area is 326 Å². The average Bonchev–Trinajstić information content (AvgIpc) is 3.87. The third kappa shape index (κ3) is 8.67. The Bertz CT molecular complexity index is 2450. The van der Waals surface area contributed by atoms with Crippen LogP contribution in [0.3, 0.4) is 0 Å². The number of carbonyl (C=O) groups is 4. The van der Waals surface area contributed by atoms with Crippen LogP contribution in [0.15, 0.2) is 95.2 Å². The number of nitro groups is 2.